The van der Waals surface area contributed by atoms with Crippen LogP contribution in [0.4, 0.5) is 0 Å². The lowest BCUT2D eigenvalue weighted by Crippen LogP contribution is -2.40. The first-order valence-electron chi connectivity index (χ1n) is 10.6. The molecule has 2 rings (SSSR count). The Bertz CT molecular complexity index is 447. The van der Waals surface area contributed by atoms with E-state index in [4.69, 9.17) is 9.73 Å². The zero-order chi connectivity index (χ0) is 18.7. The van der Waals surface area contributed by atoms with Crippen LogP contribution in [0.15, 0.2) is 4.99 Å². The molecule has 0 atom stereocenters. The summed E-state index contributed by atoms with van der Waals surface area (Å²) in [6.07, 6.45) is 8.97. The van der Waals surface area contributed by atoms with E-state index in [0.29, 0.717) is 11.3 Å². The number of nitrogens with one attached hydrogen (secondary N) is 2. The Hall–Kier alpha value is -1.30. The van der Waals surface area contributed by atoms with Gasteiger partial charge < -0.3 is 20.3 Å². The molecule has 6 heteroatoms. The Morgan fingerprint density at radius 1 is 1.23 bits per heavy atom. The minimum Gasteiger partial charge on any atom is -0.382 e. The topological polar surface area (TPSA) is 66.0 Å². The monoisotopic (exact) mass is 366 g/mol. The van der Waals surface area contributed by atoms with Gasteiger partial charge in [0.25, 0.3) is 0 Å². The molecule has 1 aliphatic heterocycles. The van der Waals surface area contributed by atoms with Gasteiger partial charge in [-0.15, -0.1) is 0 Å². The van der Waals surface area contributed by atoms with Gasteiger partial charge in [0.05, 0.1) is 0 Å². The molecular formula is C20H38N4O2. The summed E-state index contributed by atoms with van der Waals surface area (Å²) < 4.78 is 5.60. The maximum absolute atomic E-state index is 11.7. The Labute approximate surface area is 159 Å². The van der Waals surface area contributed by atoms with Gasteiger partial charge in [0, 0.05) is 52.4 Å². The Balaban J connectivity index is 1.77. The molecule has 6 nitrogen and oxygen atoms in total. The number of amides is 1. The van der Waals surface area contributed by atoms with E-state index in [2.05, 4.69) is 24.5 Å². The summed E-state index contributed by atoms with van der Waals surface area (Å²) in [6, 6.07) is 0. The van der Waals surface area contributed by atoms with Crippen molar-refractivity contribution in [2.75, 3.05) is 45.9 Å². The molecule has 1 saturated carbocycles. The molecule has 26 heavy (non-hydrogen) atoms. The average molecular weight is 367 g/mol. The number of guanidine groups is 1. The number of rotatable bonds is 11. The van der Waals surface area contributed by atoms with E-state index in [1.165, 1.54) is 25.7 Å². The number of carbonyl (C=O) groups is 1. The maximum atomic E-state index is 11.7. The van der Waals surface area contributed by atoms with E-state index in [1.54, 1.807) is 0 Å². The maximum Gasteiger partial charge on any atom is 0.222 e. The van der Waals surface area contributed by atoms with E-state index >= 15 is 0 Å². The van der Waals surface area contributed by atoms with Crippen LogP contribution in [-0.2, 0) is 9.53 Å². The highest BCUT2D eigenvalue weighted by Crippen LogP contribution is 2.41. The van der Waals surface area contributed by atoms with Crippen LogP contribution < -0.4 is 10.6 Å². The van der Waals surface area contributed by atoms with Crippen LogP contribution in [0.3, 0.4) is 0 Å². The normalized spacial score (nSPS) is 20.0. The van der Waals surface area contributed by atoms with Crippen LogP contribution in [0.25, 0.3) is 0 Å². The van der Waals surface area contributed by atoms with Gasteiger partial charge in [-0.05, 0) is 51.4 Å². The minimum atomic E-state index is 0.308. The molecule has 150 valence electrons. The smallest absolute Gasteiger partial charge is 0.222 e. The lowest BCUT2D eigenvalue weighted by Gasteiger charge is -2.27. The summed E-state index contributed by atoms with van der Waals surface area (Å²) in [6.45, 7) is 10.2. The fourth-order valence-electron chi connectivity index (χ4n) is 4.05. The standard InChI is InChI=1S/C20H38N4O2/c1-3-21-19(22-13-8-15-24-14-7-9-18(24)25)23-17-20(10-5-6-11-20)12-16-26-4-2/h3-17H2,1-2H3,(H2,21,22,23). The molecule has 2 aliphatic rings. The fraction of sp³-hybridized carbons (Fsp3) is 0.900. The number of aliphatic imine (C=N–C) groups is 1. The number of nitrogens with zero attached hydrogens (tertiary/aromatic N) is 2. The van der Waals surface area contributed by atoms with Gasteiger partial charge in [-0.3, -0.25) is 9.79 Å². The Kier molecular flexibility index (Phi) is 9.23. The first kappa shape index (κ1) is 21.0. The first-order valence-corrected chi connectivity index (χ1v) is 10.6. The number of ether oxygens (including phenoxy) is 1. The van der Waals surface area contributed by atoms with E-state index < -0.39 is 0 Å². The van der Waals surface area contributed by atoms with Crippen LogP contribution >= 0.6 is 0 Å². The van der Waals surface area contributed by atoms with Crippen LogP contribution in [0, 0.1) is 5.41 Å². The molecule has 0 bridgehead atoms. The summed E-state index contributed by atoms with van der Waals surface area (Å²) in [7, 11) is 0. The van der Waals surface area contributed by atoms with Gasteiger partial charge >= 0.3 is 0 Å². The second-order valence-electron chi connectivity index (χ2n) is 7.61. The molecule has 0 radical (unpaired) electrons. The third-order valence-corrected chi connectivity index (χ3v) is 5.63. The quantitative estimate of drug-likeness (QED) is 0.335. The predicted octanol–water partition coefficient (Wildman–Crippen LogP) is 2.54. The van der Waals surface area contributed by atoms with E-state index in [1.807, 2.05) is 4.90 Å². The van der Waals surface area contributed by atoms with Gasteiger partial charge in [-0.1, -0.05) is 12.8 Å². The van der Waals surface area contributed by atoms with Gasteiger partial charge in [0.15, 0.2) is 5.96 Å². The third-order valence-electron chi connectivity index (χ3n) is 5.63. The SMILES string of the molecule is CCNC(=NCC1(CCOCC)CCCC1)NCCCN1CCCC1=O. The molecular weight excluding hydrogens is 328 g/mol. The largest absolute Gasteiger partial charge is 0.382 e. The van der Waals surface area contributed by atoms with Crippen molar-refractivity contribution in [1.82, 2.24) is 15.5 Å². The van der Waals surface area contributed by atoms with Crippen molar-refractivity contribution in [1.29, 1.82) is 0 Å². The number of hydrogen-bond donors (Lipinski definition) is 2. The molecule has 0 spiro atoms. The second kappa shape index (κ2) is 11.4. The Morgan fingerprint density at radius 2 is 2.04 bits per heavy atom. The van der Waals surface area contributed by atoms with Gasteiger partial charge in [-0.2, -0.15) is 0 Å². The molecule has 0 aromatic carbocycles. The molecule has 1 aliphatic carbocycles. The zero-order valence-corrected chi connectivity index (χ0v) is 16.8. The van der Waals surface area contributed by atoms with Crippen molar-refractivity contribution in [2.45, 2.75) is 65.2 Å². The van der Waals surface area contributed by atoms with E-state index in [9.17, 15) is 4.79 Å². The summed E-state index contributed by atoms with van der Waals surface area (Å²) in [5, 5.41) is 6.79. The summed E-state index contributed by atoms with van der Waals surface area (Å²) in [5.74, 6) is 1.21. The summed E-state index contributed by atoms with van der Waals surface area (Å²) in [5.41, 5.74) is 0.319. The van der Waals surface area contributed by atoms with Crippen molar-refractivity contribution in [3.8, 4) is 0 Å². The van der Waals surface area contributed by atoms with E-state index in [0.717, 1.165) is 77.6 Å². The van der Waals surface area contributed by atoms with Crippen LogP contribution in [0.1, 0.15) is 65.2 Å². The highest BCUT2D eigenvalue weighted by molar-refractivity contribution is 5.79. The number of likely N-dealkylation sites (tertiary alicyclic amines) is 1. The second-order valence-corrected chi connectivity index (χ2v) is 7.61. The fourth-order valence-corrected chi connectivity index (χ4v) is 4.05. The van der Waals surface area contributed by atoms with Crippen molar-refractivity contribution < 1.29 is 9.53 Å². The van der Waals surface area contributed by atoms with Crippen LogP contribution in [0.2, 0.25) is 0 Å². The van der Waals surface area contributed by atoms with Crippen molar-refractivity contribution >= 4 is 11.9 Å². The highest BCUT2D eigenvalue weighted by Gasteiger charge is 2.33. The van der Waals surface area contributed by atoms with Crippen LogP contribution in [0.5, 0.6) is 0 Å². The summed E-state index contributed by atoms with van der Waals surface area (Å²) in [4.78, 5) is 18.5. The molecule has 0 unspecified atom stereocenters. The number of hydrogen-bond acceptors (Lipinski definition) is 3. The summed E-state index contributed by atoms with van der Waals surface area (Å²) >= 11 is 0. The number of carbonyl (C=O) groups excluding carboxylic acids is 1. The zero-order valence-electron chi connectivity index (χ0n) is 16.8. The molecule has 1 heterocycles. The molecule has 2 fully saturated rings. The minimum absolute atomic E-state index is 0.308. The predicted molar refractivity (Wildman–Crippen MR) is 106 cm³/mol. The molecule has 1 amide bonds. The van der Waals surface area contributed by atoms with Crippen LogP contribution in [-0.4, -0.2) is 62.7 Å². The first-order chi connectivity index (χ1) is 12.7. The van der Waals surface area contributed by atoms with Crippen molar-refractivity contribution in [3.05, 3.63) is 0 Å². The van der Waals surface area contributed by atoms with Gasteiger partial charge in [-0.25, -0.2) is 0 Å². The van der Waals surface area contributed by atoms with Crippen molar-refractivity contribution in [3.63, 3.8) is 0 Å². The molecule has 0 aromatic heterocycles. The molecule has 1 saturated heterocycles. The highest BCUT2D eigenvalue weighted by atomic mass is 16.5. The lowest BCUT2D eigenvalue weighted by molar-refractivity contribution is -0.127. The van der Waals surface area contributed by atoms with E-state index in [-0.39, 0.29) is 0 Å². The average Bonchev–Trinajstić information content (AvgIpc) is 3.26. The molecule has 0 aromatic rings. The lowest BCUT2D eigenvalue weighted by atomic mass is 9.83. The van der Waals surface area contributed by atoms with Crippen molar-refractivity contribution in [2.24, 2.45) is 10.4 Å². The Morgan fingerprint density at radius 3 is 2.69 bits per heavy atom. The van der Waals surface area contributed by atoms with Gasteiger partial charge in [0.2, 0.25) is 5.91 Å². The molecule has 2 N–H and O–H groups in total. The van der Waals surface area contributed by atoms with Gasteiger partial charge in [0.1, 0.15) is 0 Å². The third kappa shape index (κ3) is 6.78.